The Morgan fingerprint density at radius 2 is 1.87 bits per heavy atom. The van der Waals surface area contributed by atoms with Gasteiger partial charge in [0.25, 0.3) is 0 Å². The summed E-state index contributed by atoms with van der Waals surface area (Å²) in [5.41, 5.74) is 0.433. The molecule has 0 spiro atoms. The molecular weight excluding hydrogens is 533 g/mol. The second kappa shape index (κ2) is 10.7. The van der Waals surface area contributed by atoms with Gasteiger partial charge in [0, 0.05) is 29.8 Å². The number of nitrogens with one attached hydrogen (secondary N) is 1. The summed E-state index contributed by atoms with van der Waals surface area (Å²) in [6.45, 7) is 5.08. The van der Waals surface area contributed by atoms with Gasteiger partial charge in [-0.25, -0.2) is 17.2 Å². The summed E-state index contributed by atoms with van der Waals surface area (Å²) in [7, 11) is -4.18. The molecule has 206 valence electrons. The van der Waals surface area contributed by atoms with Gasteiger partial charge in [-0.1, -0.05) is 6.08 Å². The highest BCUT2D eigenvalue weighted by atomic mass is 32.2. The van der Waals surface area contributed by atoms with Crippen LogP contribution in [0.25, 0.3) is 0 Å². The first-order valence-corrected chi connectivity index (χ1v) is 13.3. The number of rotatable bonds is 8. The molecule has 1 aromatic heterocycles. The maximum atomic E-state index is 14.4. The first kappa shape index (κ1) is 28.1. The van der Waals surface area contributed by atoms with E-state index in [1.54, 1.807) is 13.0 Å². The first-order chi connectivity index (χ1) is 17.8. The zero-order chi connectivity index (χ0) is 27.8. The van der Waals surface area contributed by atoms with Crippen molar-refractivity contribution in [3.05, 3.63) is 72.1 Å². The fourth-order valence-electron chi connectivity index (χ4n) is 4.91. The van der Waals surface area contributed by atoms with Crippen LogP contribution in [0.2, 0.25) is 0 Å². The number of hydrogen-bond donors (Lipinski definition) is 1. The van der Waals surface area contributed by atoms with Gasteiger partial charge in [0.15, 0.2) is 0 Å². The molecule has 2 heterocycles. The van der Waals surface area contributed by atoms with Crippen molar-refractivity contribution < 1.29 is 39.9 Å². The summed E-state index contributed by atoms with van der Waals surface area (Å²) in [5.74, 6) is -2.68. The zero-order valence-corrected chi connectivity index (χ0v) is 21.1. The number of sulfonamides is 1. The lowest BCUT2D eigenvalue weighted by Crippen LogP contribution is -2.48. The van der Waals surface area contributed by atoms with Gasteiger partial charge in [0.05, 0.1) is 17.2 Å². The van der Waals surface area contributed by atoms with E-state index in [1.807, 2.05) is 0 Å². The van der Waals surface area contributed by atoms with Gasteiger partial charge in [-0.05, 0) is 62.4 Å². The summed E-state index contributed by atoms with van der Waals surface area (Å²) in [6, 6.07) is 3.89. The number of nitrogens with zero attached hydrogens (tertiary/aromatic N) is 2. The molecule has 1 aliphatic heterocycles. The van der Waals surface area contributed by atoms with Gasteiger partial charge in [0.2, 0.25) is 15.9 Å². The second-order valence-corrected chi connectivity index (χ2v) is 11.3. The van der Waals surface area contributed by atoms with Crippen LogP contribution >= 0.6 is 0 Å². The molecule has 3 atom stereocenters. The fourth-order valence-corrected chi connectivity index (χ4v) is 6.75. The van der Waals surface area contributed by atoms with Crippen molar-refractivity contribution in [1.29, 1.82) is 0 Å². The smallest absolute Gasteiger partial charge is 0.351 e. The molecule has 2 aliphatic rings. The molecule has 1 aliphatic carbocycles. The van der Waals surface area contributed by atoms with Crippen LogP contribution in [0.4, 0.5) is 22.0 Å². The van der Waals surface area contributed by atoms with E-state index in [0.717, 1.165) is 34.8 Å². The van der Waals surface area contributed by atoms with E-state index in [4.69, 9.17) is 0 Å². The minimum absolute atomic E-state index is 0.0581. The topological polar surface area (TPSA) is 88.6 Å². The molecule has 1 saturated carbocycles. The van der Waals surface area contributed by atoms with Gasteiger partial charge in [-0.2, -0.15) is 4.31 Å². The highest BCUT2D eigenvalue weighted by molar-refractivity contribution is 7.89. The molecule has 7 nitrogen and oxygen atoms in total. The van der Waals surface area contributed by atoms with Crippen LogP contribution < -0.4 is 5.32 Å². The van der Waals surface area contributed by atoms with E-state index >= 15 is 0 Å². The Bertz CT molecular complexity index is 1300. The monoisotopic (exact) mass is 559 g/mol. The molecule has 0 unspecified atom stereocenters. The second-order valence-electron chi connectivity index (χ2n) is 9.45. The number of carbonyl (C=O) groups excluding carboxylic acids is 1. The molecule has 2 fully saturated rings. The minimum atomic E-state index is -4.73. The molecule has 13 heteroatoms. The number of halogens is 5. The highest BCUT2D eigenvalue weighted by Gasteiger charge is 2.48. The molecular formula is C25H26F5N3O4S. The van der Waals surface area contributed by atoms with Crippen molar-refractivity contribution in [3.8, 4) is 0 Å². The predicted octanol–water partition coefficient (Wildman–Crippen LogP) is 4.41. The predicted molar refractivity (Wildman–Crippen MR) is 126 cm³/mol. The van der Waals surface area contributed by atoms with Crippen LogP contribution in [0.5, 0.6) is 0 Å². The van der Waals surface area contributed by atoms with Crippen molar-refractivity contribution in [1.82, 2.24) is 14.6 Å². The lowest BCUT2D eigenvalue weighted by molar-refractivity contribution is -0.351. The largest absolute Gasteiger partial charge is 0.522 e. The summed E-state index contributed by atoms with van der Waals surface area (Å²) >= 11 is 0. The molecule has 1 amide bonds. The number of ether oxygens (including phenoxy) is 1. The van der Waals surface area contributed by atoms with Crippen molar-refractivity contribution in [2.45, 2.75) is 68.1 Å². The lowest BCUT2D eigenvalue weighted by Gasteiger charge is -2.35. The maximum absolute atomic E-state index is 14.4. The van der Waals surface area contributed by atoms with Crippen molar-refractivity contribution in [2.75, 3.05) is 0 Å². The number of alkyl halides is 3. The molecule has 38 heavy (non-hydrogen) atoms. The number of pyridine rings is 1. The lowest BCUT2D eigenvalue weighted by atomic mass is 9.79. The van der Waals surface area contributed by atoms with Crippen LogP contribution in [0, 0.1) is 17.6 Å². The minimum Gasteiger partial charge on any atom is -0.351 e. The van der Waals surface area contributed by atoms with E-state index in [9.17, 15) is 35.2 Å². The van der Waals surface area contributed by atoms with Crippen molar-refractivity contribution in [3.63, 3.8) is 0 Å². The third-order valence-corrected chi connectivity index (χ3v) is 9.05. The quantitative estimate of drug-likeness (QED) is 0.383. The van der Waals surface area contributed by atoms with E-state index < -0.39 is 52.1 Å². The summed E-state index contributed by atoms with van der Waals surface area (Å²) in [4.78, 5) is 17.0. The van der Waals surface area contributed by atoms with Crippen LogP contribution in [0.1, 0.15) is 43.4 Å². The van der Waals surface area contributed by atoms with Crippen LogP contribution in [-0.4, -0.2) is 48.2 Å². The number of amides is 1. The Balaban J connectivity index is 1.47. The van der Waals surface area contributed by atoms with Crippen molar-refractivity contribution >= 4 is 15.9 Å². The molecule has 4 rings (SSSR count). The molecule has 0 bridgehead atoms. The van der Waals surface area contributed by atoms with Gasteiger partial charge in [0.1, 0.15) is 17.7 Å². The molecule has 1 N–H and O–H groups in total. The Morgan fingerprint density at radius 1 is 1.21 bits per heavy atom. The highest BCUT2D eigenvalue weighted by Crippen LogP contribution is 2.41. The molecule has 0 radical (unpaired) electrons. The molecule has 2 aromatic rings. The number of benzene rings is 1. The van der Waals surface area contributed by atoms with E-state index in [-0.39, 0.29) is 48.1 Å². The zero-order valence-electron chi connectivity index (χ0n) is 20.3. The van der Waals surface area contributed by atoms with Crippen LogP contribution in [0.3, 0.4) is 0 Å². The Kier molecular flexibility index (Phi) is 7.91. The average molecular weight is 560 g/mol. The summed E-state index contributed by atoms with van der Waals surface area (Å²) in [5, 5.41) is 2.57. The molecule has 1 aromatic carbocycles. The number of carbonyl (C=O) groups is 1. The fraction of sp³-hybridized carbons (Fsp3) is 0.440. The summed E-state index contributed by atoms with van der Waals surface area (Å²) < 4.78 is 96.7. The first-order valence-electron chi connectivity index (χ1n) is 11.9. The third-order valence-electron chi connectivity index (χ3n) is 7.04. The SMILES string of the molecule is C=C[C@@H]1C[C@@H](C(=O)NCc2cc(C3CC(OC(F)(F)F)C3)ncc2F)N(S(=O)(=O)c2ccc(F)cc2)[C@H]1C. The van der Waals surface area contributed by atoms with Gasteiger partial charge >= 0.3 is 6.36 Å². The van der Waals surface area contributed by atoms with E-state index in [0.29, 0.717) is 5.69 Å². The Morgan fingerprint density at radius 3 is 2.47 bits per heavy atom. The van der Waals surface area contributed by atoms with E-state index in [1.165, 1.54) is 6.07 Å². The Hall–Kier alpha value is -2.90. The van der Waals surface area contributed by atoms with Crippen LogP contribution in [0.15, 0.2) is 54.1 Å². The van der Waals surface area contributed by atoms with Gasteiger partial charge < -0.3 is 5.32 Å². The maximum Gasteiger partial charge on any atom is 0.522 e. The van der Waals surface area contributed by atoms with Gasteiger partial charge in [-0.3, -0.25) is 14.5 Å². The third kappa shape index (κ3) is 5.89. The normalized spacial score (nSPS) is 26.1. The number of hydrogen-bond acceptors (Lipinski definition) is 5. The molecule has 1 saturated heterocycles. The standard InChI is InChI=1S/C25H26F5N3O4S/c1-3-15-11-23(33(14(15)2)38(35,36)20-6-4-18(26)5-7-20)24(34)32-12-17-10-22(31-13-21(17)27)16-8-19(9-16)37-25(28,29)30/h3-7,10,13-16,19,23H,1,8-9,11-12H2,2H3,(H,32,34)/t14-,15+,16?,19?,23-/m0/s1. The van der Waals surface area contributed by atoms with E-state index in [2.05, 4.69) is 21.6 Å². The van der Waals surface area contributed by atoms with Crippen LogP contribution in [-0.2, 0) is 26.1 Å². The Labute approximate surface area is 216 Å². The summed E-state index contributed by atoms with van der Waals surface area (Å²) in [6.07, 6.45) is -2.94. The van der Waals surface area contributed by atoms with Gasteiger partial charge in [-0.15, -0.1) is 19.8 Å². The van der Waals surface area contributed by atoms with Crippen molar-refractivity contribution in [2.24, 2.45) is 5.92 Å². The number of aromatic nitrogens is 1. The average Bonchev–Trinajstić information content (AvgIpc) is 3.17.